The van der Waals surface area contributed by atoms with Gasteiger partial charge in [-0.05, 0) is 40.9 Å². The molecule has 3 rings (SSSR count). The predicted octanol–water partition coefficient (Wildman–Crippen LogP) is 6.67. The van der Waals surface area contributed by atoms with Gasteiger partial charge in [-0.25, -0.2) is 4.79 Å². The summed E-state index contributed by atoms with van der Waals surface area (Å²) in [6.45, 7) is 16.2. The molecule has 0 spiro atoms. The lowest BCUT2D eigenvalue weighted by atomic mass is 10.0. The van der Waals surface area contributed by atoms with Crippen LogP contribution in [0.15, 0.2) is 60.8 Å². The average molecular weight is 437 g/mol. The standard InChI is InChI=1S/C26H36N2O2Si/c1-19(2)24(25(29)30-18-20-12-9-8-10-13-20)27-22-14-11-15-23-21(22)16-17-28(23)31(6,7)26(3,4)5/h8-17,19,24,27H,18H2,1-7H3/t24-/m0/s1. The SMILES string of the molecule is CC(C)[C@H](Nc1cccc2c1ccn2[Si](C)(C)C(C)(C)C)C(=O)OCc1ccccc1. The highest BCUT2D eigenvalue weighted by Crippen LogP contribution is 2.39. The van der Waals surface area contributed by atoms with Gasteiger partial charge in [-0.3, -0.25) is 0 Å². The first-order valence-corrected chi connectivity index (χ1v) is 14.0. The molecule has 0 aliphatic heterocycles. The lowest BCUT2D eigenvalue weighted by Gasteiger charge is -2.38. The Balaban J connectivity index is 1.86. The van der Waals surface area contributed by atoms with E-state index in [1.54, 1.807) is 0 Å². The highest BCUT2D eigenvalue weighted by atomic mass is 28.3. The van der Waals surface area contributed by atoms with Gasteiger partial charge >= 0.3 is 5.97 Å². The van der Waals surface area contributed by atoms with Gasteiger partial charge in [0.15, 0.2) is 8.24 Å². The first-order chi connectivity index (χ1) is 14.5. The van der Waals surface area contributed by atoms with Crippen molar-refractivity contribution in [2.45, 2.75) is 65.4 Å². The number of carbonyl (C=O) groups is 1. The average Bonchev–Trinajstić information content (AvgIpc) is 3.15. The number of esters is 1. The maximum absolute atomic E-state index is 12.9. The minimum Gasteiger partial charge on any atom is -0.459 e. The Morgan fingerprint density at radius 1 is 1.03 bits per heavy atom. The van der Waals surface area contributed by atoms with Gasteiger partial charge in [0.1, 0.15) is 12.6 Å². The number of rotatable bonds is 7. The van der Waals surface area contributed by atoms with E-state index in [0.29, 0.717) is 0 Å². The molecule has 0 aliphatic rings. The molecule has 0 saturated heterocycles. The minimum atomic E-state index is -1.75. The van der Waals surface area contributed by atoms with Gasteiger partial charge in [0.25, 0.3) is 0 Å². The fraction of sp³-hybridized carbons (Fsp3) is 0.423. The molecule has 0 aliphatic carbocycles. The van der Waals surface area contributed by atoms with Crippen LogP contribution in [0.5, 0.6) is 0 Å². The number of carbonyl (C=O) groups excluding carboxylic acids is 1. The first kappa shape index (κ1) is 23.1. The number of ether oxygens (including phenoxy) is 1. The van der Waals surface area contributed by atoms with Crippen LogP contribution in [0.1, 0.15) is 40.2 Å². The van der Waals surface area contributed by atoms with Crippen molar-refractivity contribution in [1.82, 2.24) is 4.23 Å². The molecule has 0 bridgehead atoms. The Kier molecular flexibility index (Phi) is 6.65. The van der Waals surface area contributed by atoms with Crippen LogP contribution in [0.2, 0.25) is 18.1 Å². The molecular weight excluding hydrogens is 400 g/mol. The molecule has 0 unspecified atom stereocenters. The molecule has 166 valence electrons. The maximum Gasteiger partial charge on any atom is 0.329 e. The number of nitrogens with zero attached hydrogens (tertiary/aromatic N) is 1. The summed E-state index contributed by atoms with van der Waals surface area (Å²) in [6.07, 6.45) is 2.21. The van der Waals surface area contributed by atoms with Gasteiger partial charge in [0, 0.05) is 16.6 Å². The Bertz CT molecular complexity index is 1030. The quantitative estimate of drug-likeness (QED) is 0.332. The molecule has 1 heterocycles. The van der Waals surface area contributed by atoms with Gasteiger partial charge in [-0.2, -0.15) is 0 Å². The van der Waals surface area contributed by atoms with Crippen molar-refractivity contribution < 1.29 is 9.53 Å². The topological polar surface area (TPSA) is 43.3 Å². The van der Waals surface area contributed by atoms with Crippen LogP contribution in [0, 0.1) is 5.92 Å². The minimum absolute atomic E-state index is 0.0982. The second-order valence-corrected chi connectivity index (χ2v) is 15.3. The van der Waals surface area contributed by atoms with Crippen molar-refractivity contribution in [3.63, 3.8) is 0 Å². The molecule has 1 aromatic heterocycles. The summed E-state index contributed by atoms with van der Waals surface area (Å²) >= 11 is 0. The highest BCUT2D eigenvalue weighted by molar-refractivity contribution is 6.79. The smallest absolute Gasteiger partial charge is 0.329 e. The van der Waals surface area contributed by atoms with E-state index in [9.17, 15) is 4.79 Å². The summed E-state index contributed by atoms with van der Waals surface area (Å²) in [5.41, 5.74) is 3.19. The lowest BCUT2D eigenvalue weighted by molar-refractivity contribution is -0.146. The molecule has 31 heavy (non-hydrogen) atoms. The largest absolute Gasteiger partial charge is 0.459 e. The third-order valence-corrected chi connectivity index (χ3v) is 11.9. The van der Waals surface area contributed by atoms with E-state index in [0.717, 1.165) is 16.6 Å². The number of hydrogen-bond donors (Lipinski definition) is 1. The molecule has 0 amide bonds. The van der Waals surface area contributed by atoms with E-state index in [2.05, 4.69) is 73.9 Å². The number of benzene rings is 2. The molecule has 5 heteroatoms. The molecule has 0 saturated carbocycles. The van der Waals surface area contributed by atoms with Crippen LogP contribution >= 0.6 is 0 Å². The van der Waals surface area contributed by atoms with Crippen molar-refractivity contribution in [3.8, 4) is 0 Å². The Morgan fingerprint density at radius 3 is 2.32 bits per heavy atom. The van der Waals surface area contributed by atoms with Crippen molar-refractivity contribution in [2.24, 2.45) is 5.92 Å². The third-order valence-electron chi connectivity index (χ3n) is 6.63. The van der Waals surface area contributed by atoms with Gasteiger partial charge in [0.2, 0.25) is 0 Å². The number of anilines is 1. The molecule has 4 nitrogen and oxygen atoms in total. The first-order valence-electron chi connectivity index (χ1n) is 11.1. The van der Waals surface area contributed by atoms with Crippen molar-refractivity contribution in [1.29, 1.82) is 0 Å². The monoisotopic (exact) mass is 436 g/mol. The van der Waals surface area contributed by atoms with Crippen LogP contribution in [-0.2, 0) is 16.1 Å². The van der Waals surface area contributed by atoms with E-state index < -0.39 is 14.3 Å². The molecule has 3 aromatic rings. The number of nitrogens with one attached hydrogen (secondary N) is 1. The molecular formula is C26H36N2O2Si. The van der Waals surface area contributed by atoms with Gasteiger partial charge in [-0.1, -0.05) is 84.1 Å². The van der Waals surface area contributed by atoms with E-state index in [1.807, 2.05) is 44.2 Å². The zero-order chi connectivity index (χ0) is 22.8. The van der Waals surface area contributed by atoms with Crippen molar-refractivity contribution >= 4 is 30.8 Å². The van der Waals surface area contributed by atoms with Crippen LogP contribution in [0.3, 0.4) is 0 Å². The van der Waals surface area contributed by atoms with E-state index >= 15 is 0 Å². The van der Waals surface area contributed by atoms with Crippen LogP contribution in [0.25, 0.3) is 10.9 Å². The normalized spacial score (nSPS) is 13.4. The van der Waals surface area contributed by atoms with E-state index in [4.69, 9.17) is 4.74 Å². The summed E-state index contributed by atoms with van der Waals surface area (Å²) < 4.78 is 8.12. The van der Waals surface area contributed by atoms with Gasteiger partial charge in [0.05, 0.1) is 0 Å². The van der Waals surface area contributed by atoms with E-state index in [-0.39, 0.29) is 23.5 Å². The number of fused-ring (bicyclic) bond motifs is 1. The van der Waals surface area contributed by atoms with Gasteiger partial charge < -0.3 is 14.3 Å². The van der Waals surface area contributed by atoms with Crippen LogP contribution in [-0.4, -0.2) is 24.5 Å². The summed E-state index contributed by atoms with van der Waals surface area (Å²) in [7, 11) is -1.75. The summed E-state index contributed by atoms with van der Waals surface area (Å²) in [4.78, 5) is 12.9. The summed E-state index contributed by atoms with van der Waals surface area (Å²) in [6, 6.07) is 17.9. The fourth-order valence-electron chi connectivity index (χ4n) is 3.63. The summed E-state index contributed by atoms with van der Waals surface area (Å²) in [5.74, 6) is -0.124. The molecule has 0 radical (unpaired) electrons. The zero-order valence-electron chi connectivity index (χ0n) is 19.9. The van der Waals surface area contributed by atoms with E-state index in [1.165, 1.54) is 5.52 Å². The fourth-order valence-corrected chi connectivity index (χ4v) is 5.59. The predicted molar refractivity (Wildman–Crippen MR) is 133 cm³/mol. The number of hydrogen-bond acceptors (Lipinski definition) is 3. The summed E-state index contributed by atoms with van der Waals surface area (Å²) in [5, 5.41) is 4.86. The van der Waals surface area contributed by atoms with Crippen LogP contribution in [0.4, 0.5) is 5.69 Å². The molecule has 1 atom stereocenters. The van der Waals surface area contributed by atoms with Crippen molar-refractivity contribution in [3.05, 3.63) is 66.4 Å². The second kappa shape index (κ2) is 8.91. The zero-order valence-corrected chi connectivity index (χ0v) is 20.9. The van der Waals surface area contributed by atoms with Gasteiger partial charge in [-0.15, -0.1) is 0 Å². The Hall–Kier alpha value is -2.53. The molecule has 0 fully saturated rings. The van der Waals surface area contributed by atoms with Crippen molar-refractivity contribution in [2.75, 3.05) is 5.32 Å². The maximum atomic E-state index is 12.9. The van der Waals surface area contributed by atoms with Crippen LogP contribution < -0.4 is 5.32 Å². The lowest BCUT2D eigenvalue weighted by Crippen LogP contribution is -2.44. The highest BCUT2D eigenvalue weighted by Gasteiger charge is 2.38. The second-order valence-electron chi connectivity index (χ2n) is 10.2. The Morgan fingerprint density at radius 2 is 1.71 bits per heavy atom. The molecule has 2 aromatic carbocycles. The molecule has 1 N–H and O–H groups in total. The third kappa shape index (κ3) is 4.87. The number of aromatic nitrogens is 1. The Labute approximate surface area is 187 Å².